The molecule has 1 aliphatic heterocycles. The van der Waals surface area contributed by atoms with E-state index in [0.717, 1.165) is 31.6 Å². The third kappa shape index (κ3) is 4.11. The largest absolute Gasteiger partial charge is 0.386 e. The zero-order valence-corrected chi connectivity index (χ0v) is 10.7. The molecule has 106 valence electrons. The van der Waals surface area contributed by atoms with Crippen LogP contribution >= 0.6 is 0 Å². The van der Waals surface area contributed by atoms with Crippen LogP contribution in [-0.2, 0) is 0 Å². The van der Waals surface area contributed by atoms with Crippen LogP contribution in [0.2, 0.25) is 0 Å². The highest BCUT2D eigenvalue weighted by Crippen LogP contribution is 2.18. The van der Waals surface area contributed by atoms with Crippen molar-refractivity contribution in [3.8, 4) is 0 Å². The van der Waals surface area contributed by atoms with Crippen LogP contribution in [0.4, 0.5) is 14.5 Å². The van der Waals surface area contributed by atoms with E-state index in [1.54, 1.807) is 12.4 Å². The van der Waals surface area contributed by atoms with Gasteiger partial charge in [0.2, 0.25) is 0 Å². The summed E-state index contributed by atoms with van der Waals surface area (Å²) in [7, 11) is 0. The minimum Gasteiger partial charge on any atom is -0.386 e. The maximum atomic E-state index is 12.2. The molecule has 1 aromatic heterocycles. The van der Waals surface area contributed by atoms with E-state index < -0.39 is 12.5 Å². The number of hydrogen-bond acceptors (Lipinski definition) is 4. The van der Waals surface area contributed by atoms with E-state index >= 15 is 0 Å². The monoisotopic (exact) mass is 271 g/mol. The van der Waals surface area contributed by atoms with Crippen molar-refractivity contribution in [2.24, 2.45) is 0 Å². The summed E-state index contributed by atoms with van der Waals surface area (Å²) in [5.74, 6) is 0. The molecule has 0 amide bonds. The first-order chi connectivity index (χ1) is 9.16. The van der Waals surface area contributed by atoms with Crippen molar-refractivity contribution in [1.29, 1.82) is 0 Å². The lowest BCUT2D eigenvalue weighted by Crippen LogP contribution is -2.45. The summed E-state index contributed by atoms with van der Waals surface area (Å²) in [6.07, 6.45) is 1.05. The van der Waals surface area contributed by atoms with E-state index in [1.807, 2.05) is 12.1 Å². The highest BCUT2D eigenvalue weighted by atomic mass is 19.3. The van der Waals surface area contributed by atoms with Gasteiger partial charge in [0.1, 0.15) is 6.10 Å². The second-order valence-electron chi connectivity index (χ2n) is 4.78. The van der Waals surface area contributed by atoms with Crippen LogP contribution < -0.4 is 10.2 Å². The first-order valence-corrected chi connectivity index (χ1v) is 6.51. The van der Waals surface area contributed by atoms with Crippen molar-refractivity contribution in [2.45, 2.75) is 31.4 Å². The zero-order chi connectivity index (χ0) is 13.7. The Kier molecular flexibility index (Phi) is 5.04. The highest BCUT2D eigenvalue weighted by Gasteiger charge is 2.22. The standard InChI is InChI=1S/C13H19F2N3O/c14-13(15)12(19)9-17-10-3-7-18(8-4-10)11-1-5-16-6-2-11/h1-2,5-6,10,12-13,17,19H,3-4,7-9H2. The fourth-order valence-electron chi connectivity index (χ4n) is 2.27. The number of aromatic nitrogens is 1. The quantitative estimate of drug-likeness (QED) is 0.846. The second kappa shape index (κ2) is 6.77. The number of aliphatic hydroxyl groups is 1. The minimum atomic E-state index is -2.68. The number of hydrogen-bond donors (Lipinski definition) is 2. The molecule has 0 aliphatic carbocycles. The molecule has 0 saturated carbocycles. The summed E-state index contributed by atoms with van der Waals surface area (Å²) in [5, 5.41) is 12.1. The van der Waals surface area contributed by atoms with Crippen LogP contribution in [-0.4, -0.2) is 48.3 Å². The molecule has 0 spiro atoms. The van der Waals surface area contributed by atoms with Crippen molar-refractivity contribution in [3.63, 3.8) is 0 Å². The van der Waals surface area contributed by atoms with Gasteiger partial charge in [-0.1, -0.05) is 0 Å². The number of nitrogens with zero attached hydrogens (tertiary/aromatic N) is 2. The lowest BCUT2D eigenvalue weighted by atomic mass is 10.0. The maximum Gasteiger partial charge on any atom is 0.265 e. The highest BCUT2D eigenvalue weighted by molar-refractivity contribution is 5.44. The lowest BCUT2D eigenvalue weighted by Gasteiger charge is -2.34. The number of aliphatic hydroxyl groups excluding tert-OH is 1. The van der Waals surface area contributed by atoms with Gasteiger partial charge in [0.15, 0.2) is 0 Å². The Bertz CT molecular complexity index is 369. The van der Waals surface area contributed by atoms with E-state index in [4.69, 9.17) is 5.11 Å². The fourth-order valence-corrected chi connectivity index (χ4v) is 2.27. The number of piperidine rings is 1. The summed E-state index contributed by atoms with van der Waals surface area (Å²) in [6.45, 7) is 1.72. The van der Waals surface area contributed by atoms with Crippen molar-refractivity contribution in [2.75, 3.05) is 24.5 Å². The third-order valence-electron chi connectivity index (χ3n) is 3.43. The summed E-state index contributed by atoms with van der Waals surface area (Å²) in [5.41, 5.74) is 1.14. The SMILES string of the molecule is OC(CNC1CCN(c2ccncc2)CC1)C(F)F. The molecule has 1 saturated heterocycles. The molecule has 2 N–H and O–H groups in total. The van der Waals surface area contributed by atoms with Crippen molar-refractivity contribution in [3.05, 3.63) is 24.5 Å². The zero-order valence-electron chi connectivity index (χ0n) is 10.7. The summed E-state index contributed by atoms with van der Waals surface area (Å²) in [6, 6.07) is 4.13. The number of halogens is 2. The van der Waals surface area contributed by atoms with Gasteiger partial charge in [-0.05, 0) is 25.0 Å². The van der Waals surface area contributed by atoms with Gasteiger partial charge < -0.3 is 15.3 Å². The molecule has 4 nitrogen and oxygen atoms in total. The molecule has 1 aromatic rings. The maximum absolute atomic E-state index is 12.2. The second-order valence-corrected chi connectivity index (χ2v) is 4.78. The van der Waals surface area contributed by atoms with Gasteiger partial charge in [-0.15, -0.1) is 0 Å². The molecule has 0 aromatic carbocycles. The number of nitrogens with one attached hydrogen (secondary N) is 1. The Morgan fingerprint density at radius 3 is 2.53 bits per heavy atom. The molecule has 2 heterocycles. The molecule has 1 aliphatic rings. The molecule has 0 bridgehead atoms. The topological polar surface area (TPSA) is 48.4 Å². The Hall–Kier alpha value is -1.27. The predicted molar refractivity (Wildman–Crippen MR) is 69.5 cm³/mol. The van der Waals surface area contributed by atoms with E-state index in [-0.39, 0.29) is 12.6 Å². The average Bonchev–Trinajstić information content (AvgIpc) is 2.46. The minimum absolute atomic E-state index is 0.0441. The molecule has 2 rings (SSSR count). The average molecular weight is 271 g/mol. The number of rotatable bonds is 5. The van der Waals surface area contributed by atoms with Crippen molar-refractivity contribution < 1.29 is 13.9 Å². The summed E-state index contributed by atoms with van der Waals surface area (Å²) >= 11 is 0. The van der Waals surface area contributed by atoms with Crippen LogP contribution in [0.1, 0.15) is 12.8 Å². The Morgan fingerprint density at radius 2 is 1.95 bits per heavy atom. The molecule has 1 atom stereocenters. The summed E-state index contributed by atoms with van der Waals surface area (Å²) in [4.78, 5) is 6.24. The molecule has 1 unspecified atom stereocenters. The van der Waals surface area contributed by atoms with Crippen LogP contribution in [0, 0.1) is 0 Å². The Labute approximate surface area is 111 Å². The van der Waals surface area contributed by atoms with Crippen LogP contribution in [0.3, 0.4) is 0 Å². The van der Waals surface area contributed by atoms with E-state index in [9.17, 15) is 8.78 Å². The van der Waals surface area contributed by atoms with Crippen molar-refractivity contribution >= 4 is 5.69 Å². The van der Waals surface area contributed by atoms with Gasteiger partial charge in [-0.2, -0.15) is 0 Å². The predicted octanol–water partition coefficient (Wildman–Crippen LogP) is 1.27. The molecular formula is C13H19F2N3O. The van der Waals surface area contributed by atoms with E-state index in [1.165, 1.54) is 0 Å². The Balaban J connectivity index is 1.74. The molecule has 1 fully saturated rings. The van der Waals surface area contributed by atoms with Gasteiger partial charge in [-0.3, -0.25) is 4.98 Å². The third-order valence-corrected chi connectivity index (χ3v) is 3.43. The van der Waals surface area contributed by atoms with Crippen LogP contribution in [0.25, 0.3) is 0 Å². The first kappa shape index (κ1) is 14.1. The summed E-state index contributed by atoms with van der Waals surface area (Å²) < 4.78 is 24.3. The fraction of sp³-hybridized carbons (Fsp3) is 0.615. The Morgan fingerprint density at radius 1 is 1.32 bits per heavy atom. The smallest absolute Gasteiger partial charge is 0.265 e. The van der Waals surface area contributed by atoms with E-state index in [0.29, 0.717) is 0 Å². The van der Waals surface area contributed by atoms with Gasteiger partial charge in [0, 0.05) is 43.8 Å². The molecule has 0 radical (unpaired) electrons. The van der Waals surface area contributed by atoms with Crippen molar-refractivity contribution in [1.82, 2.24) is 10.3 Å². The van der Waals surface area contributed by atoms with Crippen LogP contribution in [0.15, 0.2) is 24.5 Å². The number of pyridine rings is 1. The number of alkyl halides is 2. The van der Waals surface area contributed by atoms with Crippen LogP contribution in [0.5, 0.6) is 0 Å². The number of anilines is 1. The molecular weight excluding hydrogens is 252 g/mol. The lowest BCUT2D eigenvalue weighted by molar-refractivity contribution is -0.00495. The van der Waals surface area contributed by atoms with Gasteiger partial charge >= 0.3 is 0 Å². The van der Waals surface area contributed by atoms with E-state index in [2.05, 4.69) is 15.2 Å². The first-order valence-electron chi connectivity index (χ1n) is 6.51. The molecule has 19 heavy (non-hydrogen) atoms. The van der Waals surface area contributed by atoms with Gasteiger partial charge in [0.25, 0.3) is 6.43 Å². The molecule has 6 heteroatoms. The van der Waals surface area contributed by atoms with Gasteiger partial charge in [0.05, 0.1) is 0 Å². The normalized spacial score (nSPS) is 18.8. The van der Waals surface area contributed by atoms with Gasteiger partial charge in [-0.25, -0.2) is 8.78 Å².